The van der Waals surface area contributed by atoms with Crippen molar-refractivity contribution < 1.29 is 9.53 Å². The van der Waals surface area contributed by atoms with Crippen molar-refractivity contribution in [1.82, 2.24) is 0 Å². The van der Waals surface area contributed by atoms with Gasteiger partial charge in [0.2, 0.25) is 0 Å². The highest BCUT2D eigenvalue weighted by molar-refractivity contribution is 5.87. The first kappa shape index (κ1) is 21.3. The third-order valence-electron chi connectivity index (χ3n) is 4.98. The minimum Gasteiger partial charge on any atom is -0.464 e. The Hall–Kier alpha value is -2.03. The predicted octanol–water partition coefficient (Wildman–Crippen LogP) is 6.71. The molecule has 0 aliphatic carbocycles. The summed E-state index contributed by atoms with van der Waals surface area (Å²) >= 11 is 0. The molecule has 1 atom stereocenters. The van der Waals surface area contributed by atoms with Gasteiger partial charge < -0.3 is 10.1 Å². The summed E-state index contributed by atoms with van der Waals surface area (Å²) in [4.78, 5) is 12.2. The topological polar surface area (TPSA) is 38.3 Å². The number of rotatable bonds is 13. The molecule has 2 rings (SSSR count). The number of hydrogen-bond acceptors (Lipinski definition) is 3. The van der Waals surface area contributed by atoms with Crippen LogP contribution in [0.25, 0.3) is 10.8 Å². The number of unbranched alkanes of at least 4 members (excludes halogenated alkanes) is 8. The fraction of sp³-hybridized carbons (Fsp3) is 0.542. The Balaban J connectivity index is 1.58. The molecule has 0 saturated carbocycles. The van der Waals surface area contributed by atoms with Crippen LogP contribution in [0, 0.1) is 0 Å². The number of ether oxygens (including phenoxy) is 1. The third kappa shape index (κ3) is 8.03. The lowest BCUT2D eigenvalue weighted by atomic mass is 10.1. The zero-order valence-electron chi connectivity index (χ0n) is 17.0. The van der Waals surface area contributed by atoms with Crippen molar-refractivity contribution in [2.75, 3.05) is 11.9 Å². The molecule has 0 heterocycles. The van der Waals surface area contributed by atoms with Crippen LogP contribution in [0.1, 0.15) is 71.6 Å². The molecule has 0 bridgehead atoms. The third-order valence-corrected chi connectivity index (χ3v) is 4.98. The van der Waals surface area contributed by atoms with Gasteiger partial charge >= 0.3 is 5.97 Å². The monoisotopic (exact) mass is 369 g/mol. The smallest absolute Gasteiger partial charge is 0.328 e. The van der Waals surface area contributed by atoms with E-state index in [9.17, 15) is 4.79 Å². The first-order valence-electron chi connectivity index (χ1n) is 10.6. The van der Waals surface area contributed by atoms with Gasteiger partial charge in [-0.1, -0.05) is 88.6 Å². The van der Waals surface area contributed by atoms with E-state index in [4.69, 9.17) is 4.74 Å². The number of carbonyl (C=O) groups is 1. The van der Waals surface area contributed by atoms with E-state index >= 15 is 0 Å². The molecule has 3 nitrogen and oxygen atoms in total. The van der Waals surface area contributed by atoms with Crippen LogP contribution in [0.5, 0.6) is 0 Å². The van der Waals surface area contributed by atoms with Crippen molar-refractivity contribution >= 4 is 22.4 Å². The van der Waals surface area contributed by atoms with Gasteiger partial charge in [-0.25, -0.2) is 4.79 Å². The number of benzene rings is 2. The van der Waals surface area contributed by atoms with Crippen molar-refractivity contribution in [1.29, 1.82) is 0 Å². The number of hydrogen-bond donors (Lipinski definition) is 1. The second-order valence-electron chi connectivity index (χ2n) is 7.42. The van der Waals surface area contributed by atoms with Gasteiger partial charge in [0, 0.05) is 5.69 Å². The number of carbonyl (C=O) groups excluding carboxylic acids is 1. The Kier molecular flexibility index (Phi) is 9.75. The maximum atomic E-state index is 12.2. The first-order valence-corrected chi connectivity index (χ1v) is 10.6. The lowest BCUT2D eigenvalue weighted by Gasteiger charge is -2.15. The molecular formula is C24H35NO2. The Morgan fingerprint density at radius 3 is 2.22 bits per heavy atom. The SMILES string of the molecule is CCCCCCCCCCCOC(=O)C(C)Nc1ccc2ccccc2c1. The van der Waals surface area contributed by atoms with Crippen LogP contribution < -0.4 is 5.32 Å². The van der Waals surface area contributed by atoms with Crippen molar-refractivity contribution in [3.8, 4) is 0 Å². The second-order valence-corrected chi connectivity index (χ2v) is 7.42. The summed E-state index contributed by atoms with van der Waals surface area (Å²) in [5, 5.41) is 5.61. The second kappa shape index (κ2) is 12.4. The summed E-state index contributed by atoms with van der Waals surface area (Å²) in [5.41, 5.74) is 0.946. The first-order chi connectivity index (χ1) is 13.2. The van der Waals surface area contributed by atoms with Gasteiger partial charge in [0.05, 0.1) is 6.61 Å². The Labute approximate surface area is 164 Å². The van der Waals surface area contributed by atoms with Crippen LogP contribution in [0.4, 0.5) is 5.69 Å². The number of esters is 1. The molecule has 1 unspecified atom stereocenters. The van der Waals surface area contributed by atoms with Gasteiger partial charge in [-0.3, -0.25) is 0 Å². The van der Waals surface area contributed by atoms with E-state index in [2.05, 4.69) is 36.5 Å². The summed E-state index contributed by atoms with van der Waals surface area (Å²) < 4.78 is 5.42. The van der Waals surface area contributed by atoms with E-state index in [1.807, 2.05) is 25.1 Å². The summed E-state index contributed by atoms with van der Waals surface area (Å²) in [6.07, 6.45) is 11.4. The normalized spacial score (nSPS) is 12.1. The zero-order valence-corrected chi connectivity index (χ0v) is 17.0. The van der Waals surface area contributed by atoms with Crippen molar-refractivity contribution in [2.45, 2.75) is 77.7 Å². The molecule has 3 heteroatoms. The Morgan fingerprint density at radius 1 is 0.889 bits per heavy atom. The Bertz CT molecular complexity index is 683. The molecule has 0 aromatic heterocycles. The van der Waals surface area contributed by atoms with Crippen molar-refractivity contribution in [2.24, 2.45) is 0 Å². The average molecular weight is 370 g/mol. The molecule has 0 aliphatic rings. The molecule has 2 aromatic rings. The van der Waals surface area contributed by atoms with Crippen LogP contribution in [0.15, 0.2) is 42.5 Å². The molecule has 27 heavy (non-hydrogen) atoms. The predicted molar refractivity (Wildman–Crippen MR) is 115 cm³/mol. The van der Waals surface area contributed by atoms with E-state index in [0.29, 0.717) is 6.61 Å². The summed E-state index contributed by atoms with van der Waals surface area (Å²) in [6, 6.07) is 14.0. The van der Waals surface area contributed by atoms with Gasteiger partial charge in [0.15, 0.2) is 0 Å². The van der Waals surface area contributed by atoms with E-state index in [-0.39, 0.29) is 12.0 Å². The van der Waals surface area contributed by atoms with Gasteiger partial charge in [-0.05, 0) is 36.2 Å². The lowest BCUT2D eigenvalue weighted by molar-refractivity contribution is -0.144. The summed E-state index contributed by atoms with van der Waals surface area (Å²) in [6.45, 7) is 4.63. The summed E-state index contributed by atoms with van der Waals surface area (Å²) in [7, 11) is 0. The van der Waals surface area contributed by atoms with Crippen LogP contribution in [-0.2, 0) is 9.53 Å². The number of nitrogens with one attached hydrogen (secondary N) is 1. The highest BCUT2D eigenvalue weighted by Gasteiger charge is 2.14. The molecular weight excluding hydrogens is 334 g/mol. The van der Waals surface area contributed by atoms with Crippen LogP contribution in [0.2, 0.25) is 0 Å². The standard InChI is InChI=1S/C24H35NO2/c1-3-4-5-6-7-8-9-10-13-18-27-24(26)20(2)25-23-17-16-21-14-11-12-15-22(21)19-23/h11-12,14-17,19-20,25H,3-10,13,18H2,1-2H3. The van der Waals surface area contributed by atoms with Gasteiger partial charge in [-0.2, -0.15) is 0 Å². The highest BCUT2D eigenvalue weighted by Crippen LogP contribution is 2.19. The number of anilines is 1. The van der Waals surface area contributed by atoms with Gasteiger partial charge in [-0.15, -0.1) is 0 Å². The molecule has 2 aromatic carbocycles. The lowest BCUT2D eigenvalue weighted by Crippen LogP contribution is -2.28. The molecule has 0 saturated heterocycles. The van der Waals surface area contributed by atoms with Crippen LogP contribution in [-0.4, -0.2) is 18.6 Å². The van der Waals surface area contributed by atoms with Crippen LogP contribution >= 0.6 is 0 Å². The fourth-order valence-electron chi connectivity index (χ4n) is 3.30. The van der Waals surface area contributed by atoms with Gasteiger partial charge in [0.25, 0.3) is 0 Å². The van der Waals surface area contributed by atoms with E-state index < -0.39 is 0 Å². The quantitative estimate of drug-likeness (QED) is 0.315. The molecule has 1 N–H and O–H groups in total. The summed E-state index contributed by atoms with van der Waals surface area (Å²) in [5.74, 6) is -0.178. The van der Waals surface area contributed by atoms with E-state index in [1.165, 1.54) is 50.3 Å². The molecule has 0 amide bonds. The molecule has 0 aliphatic heterocycles. The maximum Gasteiger partial charge on any atom is 0.328 e. The van der Waals surface area contributed by atoms with E-state index in [1.54, 1.807) is 0 Å². The van der Waals surface area contributed by atoms with Crippen molar-refractivity contribution in [3.63, 3.8) is 0 Å². The highest BCUT2D eigenvalue weighted by atomic mass is 16.5. The molecule has 0 spiro atoms. The zero-order chi connectivity index (χ0) is 19.3. The van der Waals surface area contributed by atoms with Crippen LogP contribution in [0.3, 0.4) is 0 Å². The minimum atomic E-state index is -0.343. The molecule has 0 fully saturated rings. The largest absolute Gasteiger partial charge is 0.464 e. The number of fused-ring (bicyclic) bond motifs is 1. The Morgan fingerprint density at radius 2 is 1.52 bits per heavy atom. The maximum absolute atomic E-state index is 12.2. The van der Waals surface area contributed by atoms with Crippen molar-refractivity contribution in [3.05, 3.63) is 42.5 Å². The van der Waals surface area contributed by atoms with E-state index in [0.717, 1.165) is 23.9 Å². The average Bonchev–Trinajstić information content (AvgIpc) is 2.69. The molecule has 148 valence electrons. The molecule has 0 radical (unpaired) electrons. The minimum absolute atomic E-state index is 0.178. The fourth-order valence-corrected chi connectivity index (χ4v) is 3.30. The van der Waals surface area contributed by atoms with Gasteiger partial charge in [0.1, 0.15) is 6.04 Å².